The standard InChI is InChI=1S/C17H18F2N2O3S/c1-25(23,24)21(16-8-6-15(19)7-9-16)11-10-17(22)20-12-13-2-4-14(18)5-3-13/h2-9H,10-12H2,1H3,(H,20,22). The number of nitrogens with zero attached hydrogens (tertiary/aromatic N) is 1. The van der Waals surface area contributed by atoms with Crippen LogP contribution in [0.1, 0.15) is 12.0 Å². The Hall–Kier alpha value is -2.48. The number of hydrogen-bond acceptors (Lipinski definition) is 3. The van der Waals surface area contributed by atoms with Gasteiger partial charge in [0.25, 0.3) is 0 Å². The first-order valence-electron chi connectivity index (χ1n) is 7.50. The van der Waals surface area contributed by atoms with Crippen LogP contribution in [0, 0.1) is 11.6 Å². The Morgan fingerprint density at radius 2 is 1.52 bits per heavy atom. The second kappa shape index (κ2) is 8.06. The molecule has 2 aromatic rings. The van der Waals surface area contributed by atoms with Crippen LogP contribution >= 0.6 is 0 Å². The second-order valence-corrected chi connectivity index (χ2v) is 7.37. The van der Waals surface area contributed by atoms with Gasteiger partial charge in [-0.3, -0.25) is 9.10 Å². The number of benzene rings is 2. The fourth-order valence-electron chi connectivity index (χ4n) is 2.19. The molecule has 0 spiro atoms. The van der Waals surface area contributed by atoms with Crippen molar-refractivity contribution < 1.29 is 22.0 Å². The summed E-state index contributed by atoms with van der Waals surface area (Å²) in [6.45, 7) is 0.147. The largest absolute Gasteiger partial charge is 0.352 e. The highest BCUT2D eigenvalue weighted by Crippen LogP contribution is 2.18. The average Bonchev–Trinajstić information content (AvgIpc) is 2.55. The number of carbonyl (C=O) groups excluding carboxylic acids is 1. The van der Waals surface area contributed by atoms with Crippen molar-refractivity contribution in [3.63, 3.8) is 0 Å². The molecule has 5 nitrogen and oxygen atoms in total. The highest BCUT2D eigenvalue weighted by molar-refractivity contribution is 7.92. The molecule has 25 heavy (non-hydrogen) atoms. The zero-order valence-corrected chi connectivity index (χ0v) is 14.4. The maximum atomic E-state index is 13.0. The third-order valence-corrected chi connectivity index (χ3v) is 4.65. The highest BCUT2D eigenvalue weighted by atomic mass is 32.2. The number of hydrogen-bond donors (Lipinski definition) is 1. The van der Waals surface area contributed by atoms with E-state index in [-0.39, 0.29) is 36.9 Å². The van der Waals surface area contributed by atoms with Gasteiger partial charge in [-0.25, -0.2) is 17.2 Å². The second-order valence-electron chi connectivity index (χ2n) is 5.46. The van der Waals surface area contributed by atoms with Crippen LogP contribution in [0.2, 0.25) is 0 Å². The van der Waals surface area contributed by atoms with Crippen molar-refractivity contribution in [2.24, 2.45) is 0 Å². The first-order chi connectivity index (χ1) is 11.8. The minimum absolute atomic E-state index is 0.0638. The maximum Gasteiger partial charge on any atom is 0.232 e. The lowest BCUT2D eigenvalue weighted by Crippen LogP contribution is -2.34. The molecule has 2 rings (SSSR count). The molecule has 0 aliphatic heterocycles. The molecule has 0 fully saturated rings. The summed E-state index contributed by atoms with van der Waals surface area (Å²) in [6.07, 6.45) is 0.957. The molecule has 0 atom stereocenters. The van der Waals surface area contributed by atoms with Crippen LogP contribution in [0.3, 0.4) is 0 Å². The molecule has 0 aliphatic carbocycles. The van der Waals surface area contributed by atoms with Gasteiger partial charge in [-0.15, -0.1) is 0 Å². The summed E-state index contributed by atoms with van der Waals surface area (Å²) in [6, 6.07) is 10.7. The summed E-state index contributed by atoms with van der Waals surface area (Å²) < 4.78 is 50.7. The maximum absolute atomic E-state index is 13.0. The summed E-state index contributed by atoms with van der Waals surface area (Å²) in [4.78, 5) is 11.9. The van der Waals surface area contributed by atoms with Crippen LogP contribution in [-0.4, -0.2) is 27.1 Å². The van der Waals surface area contributed by atoms with Crippen LogP contribution < -0.4 is 9.62 Å². The Balaban J connectivity index is 1.94. The van der Waals surface area contributed by atoms with Gasteiger partial charge in [0.05, 0.1) is 11.9 Å². The van der Waals surface area contributed by atoms with Crippen LogP contribution in [0.5, 0.6) is 0 Å². The molecule has 0 aromatic heterocycles. The first kappa shape index (κ1) is 18.9. The van der Waals surface area contributed by atoms with Crippen molar-refractivity contribution >= 4 is 21.6 Å². The molecule has 0 bridgehead atoms. The van der Waals surface area contributed by atoms with Gasteiger partial charge in [0.2, 0.25) is 15.9 Å². The van der Waals surface area contributed by atoms with Crippen LogP contribution in [0.4, 0.5) is 14.5 Å². The van der Waals surface area contributed by atoms with Crippen molar-refractivity contribution in [3.8, 4) is 0 Å². The lowest BCUT2D eigenvalue weighted by Gasteiger charge is -2.22. The fourth-order valence-corrected chi connectivity index (χ4v) is 3.12. The molecule has 0 aliphatic rings. The summed E-state index contributed by atoms with van der Waals surface area (Å²) in [5.74, 6) is -1.19. The minimum atomic E-state index is -3.61. The van der Waals surface area contributed by atoms with Crippen LogP contribution in [0.25, 0.3) is 0 Å². The van der Waals surface area contributed by atoms with E-state index in [1.54, 1.807) is 12.1 Å². The lowest BCUT2D eigenvalue weighted by atomic mass is 10.2. The monoisotopic (exact) mass is 368 g/mol. The Kier molecular flexibility index (Phi) is 6.08. The highest BCUT2D eigenvalue weighted by Gasteiger charge is 2.18. The molecule has 0 unspecified atom stereocenters. The van der Waals surface area contributed by atoms with Crippen molar-refractivity contribution in [1.82, 2.24) is 5.32 Å². The van der Waals surface area contributed by atoms with E-state index in [4.69, 9.17) is 0 Å². The van der Waals surface area contributed by atoms with Crippen LogP contribution in [-0.2, 0) is 21.4 Å². The number of halogens is 2. The summed E-state index contributed by atoms with van der Waals surface area (Å²) in [5, 5.41) is 2.64. The molecular weight excluding hydrogens is 350 g/mol. The van der Waals surface area contributed by atoms with Gasteiger partial charge in [-0.05, 0) is 42.0 Å². The number of rotatable bonds is 7. The average molecular weight is 368 g/mol. The van der Waals surface area contributed by atoms with Gasteiger partial charge >= 0.3 is 0 Å². The zero-order chi connectivity index (χ0) is 18.4. The zero-order valence-electron chi connectivity index (χ0n) is 13.6. The normalized spacial score (nSPS) is 11.2. The van der Waals surface area contributed by atoms with Gasteiger partial charge in [0, 0.05) is 19.5 Å². The lowest BCUT2D eigenvalue weighted by molar-refractivity contribution is -0.121. The quantitative estimate of drug-likeness (QED) is 0.816. The van der Waals surface area contributed by atoms with Gasteiger partial charge < -0.3 is 5.32 Å². The van der Waals surface area contributed by atoms with E-state index >= 15 is 0 Å². The van der Waals surface area contributed by atoms with Gasteiger partial charge in [0.15, 0.2) is 0 Å². The molecule has 1 amide bonds. The van der Waals surface area contributed by atoms with E-state index in [1.807, 2.05) is 0 Å². The molecule has 8 heteroatoms. The number of amides is 1. The number of sulfonamides is 1. The Bertz CT molecular complexity index is 822. The van der Waals surface area contributed by atoms with Gasteiger partial charge in [0.1, 0.15) is 11.6 Å². The molecule has 2 aromatic carbocycles. The molecule has 0 heterocycles. The third kappa shape index (κ3) is 5.82. The van der Waals surface area contributed by atoms with E-state index in [9.17, 15) is 22.0 Å². The number of anilines is 1. The minimum Gasteiger partial charge on any atom is -0.352 e. The van der Waals surface area contributed by atoms with Gasteiger partial charge in [-0.2, -0.15) is 0 Å². The van der Waals surface area contributed by atoms with Gasteiger partial charge in [-0.1, -0.05) is 12.1 Å². The first-order valence-corrected chi connectivity index (χ1v) is 9.35. The predicted octanol–water partition coefficient (Wildman–Crippen LogP) is 2.44. The third-order valence-electron chi connectivity index (χ3n) is 3.46. The van der Waals surface area contributed by atoms with E-state index in [2.05, 4.69) is 5.32 Å². The molecule has 134 valence electrons. The smallest absolute Gasteiger partial charge is 0.232 e. The topological polar surface area (TPSA) is 66.5 Å². The summed E-state index contributed by atoms with van der Waals surface area (Å²) >= 11 is 0. The number of carbonyl (C=O) groups is 1. The SMILES string of the molecule is CS(=O)(=O)N(CCC(=O)NCc1ccc(F)cc1)c1ccc(F)cc1. The van der Waals surface area contributed by atoms with E-state index in [0.717, 1.165) is 28.3 Å². The molecule has 1 N–H and O–H groups in total. The molecular formula is C17H18F2N2O3S. The molecule has 0 saturated carbocycles. The Morgan fingerprint density at radius 1 is 1.00 bits per heavy atom. The summed E-state index contributed by atoms with van der Waals surface area (Å²) in [7, 11) is -3.61. The summed E-state index contributed by atoms with van der Waals surface area (Å²) in [5.41, 5.74) is 1.02. The van der Waals surface area contributed by atoms with Crippen molar-refractivity contribution in [3.05, 3.63) is 65.7 Å². The van der Waals surface area contributed by atoms with E-state index in [0.29, 0.717) is 0 Å². The molecule has 0 radical (unpaired) electrons. The van der Waals surface area contributed by atoms with Crippen molar-refractivity contribution in [2.45, 2.75) is 13.0 Å². The predicted molar refractivity (Wildman–Crippen MR) is 91.5 cm³/mol. The van der Waals surface area contributed by atoms with E-state index < -0.39 is 15.8 Å². The van der Waals surface area contributed by atoms with Crippen molar-refractivity contribution in [1.29, 1.82) is 0 Å². The fraction of sp³-hybridized carbons (Fsp3) is 0.235. The van der Waals surface area contributed by atoms with E-state index in [1.165, 1.54) is 24.3 Å². The Labute approximate surface area is 145 Å². The van der Waals surface area contributed by atoms with Crippen molar-refractivity contribution in [2.75, 3.05) is 17.1 Å². The Morgan fingerprint density at radius 3 is 2.04 bits per heavy atom. The molecule has 0 saturated heterocycles. The van der Waals surface area contributed by atoms with Crippen LogP contribution in [0.15, 0.2) is 48.5 Å². The number of nitrogens with one attached hydrogen (secondary N) is 1.